The number of sulfonamides is 1. The first-order valence-corrected chi connectivity index (χ1v) is 13.3. The fraction of sp³-hybridized carbons (Fsp3) is 0.333. The van der Waals surface area contributed by atoms with E-state index >= 15 is 0 Å². The maximum Gasteiger partial charge on any atom is 0.256 e. The molecule has 0 atom stereocenters. The van der Waals surface area contributed by atoms with Gasteiger partial charge < -0.3 is 15.1 Å². The molecular weight excluding hydrogens is 488 g/mol. The highest BCUT2D eigenvalue weighted by atomic mass is 35.5. The van der Waals surface area contributed by atoms with Crippen molar-refractivity contribution in [3.05, 3.63) is 70.4 Å². The number of carbonyl (C=O) groups excluding carboxylic acids is 1. The highest BCUT2D eigenvalue weighted by Crippen LogP contribution is 2.29. The zero-order valence-corrected chi connectivity index (χ0v) is 20.9. The first-order chi connectivity index (χ1) is 16.8. The van der Waals surface area contributed by atoms with Crippen molar-refractivity contribution in [2.24, 2.45) is 0 Å². The molecule has 2 N–H and O–H groups in total. The summed E-state index contributed by atoms with van der Waals surface area (Å²) in [5, 5.41) is 10.4. The number of carbonyl (C=O) groups is 1. The molecule has 35 heavy (non-hydrogen) atoms. The van der Waals surface area contributed by atoms with E-state index in [9.17, 15) is 13.2 Å². The minimum Gasteiger partial charge on any atom is -0.369 e. The van der Waals surface area contributed by atoms with Crippen molar-refractivity contribution < 1.29 is 13.2 Å². The van der Waals surface area contributed by atoms with Gasteiger partial charge in [0.1, 0.15) is 0 Å². The Balaban J connectivity index is 1.29. The number of likely N-dealkylation sites (N-methyl/N-ethyl adjacent to an activating group) is 1. The Labute approximate surface area is 209 Å². The second kappa shape index (κ2) is 9.62. The molecule has 11 heteroatoms. The second-order valence-electron chi connectivity index (χ2n) is 8.87. The SMILES string of the molecule is CN1CCN(c2ccc(C(=O)Nc3n[nH]c4c3CN(S(=O)(=O)c3cccc(Cl)c3)CC4)cc2)CC1. The number of rotatable bonds is 5. The standard InChI is InChI=1S/C24H27ClN6O3S/c1-29-11-13-30(14-12-29)19-7-5-17(6-8-19)24(32)26-23-21-16-31(10-9-22(21)27-28-23)35(33,34)20-4-2-3-18(25)15-20/h2-8,15H,9-14,16H2,1H3,(H2,26,27,28,32). The van der Waals surface area contributed by atoms with E-state index < -0.39 is 10.0 Å². The topological polar surface area (TPSA) is 102 Å². The fourth-order valence-corrected chi connectivity index (χ4v) is 6.13. The minimum atomic E-state index is -3.73. The number of H-pyrrole nitrogens is 1. The van der Waals surface area contributed by atoms with E-state index in [1.165, 1.54) is 16.4 Å². The zero-order chi connectivity index (χ0) is 24.6. The van der Waals surface area contributed by atoms with Gasteiger partial charge in [-0.15, -0.1) is 0 Å². The number of halogens is 1. The van der Waals surface area contributed by atoms with Crippen molar-refractivity contribution in [3.63, 3.8) is 0 Å². The predicted molar refractivity (Wildman–Crippen MR) is 135 cm³/mol. The number of hydrogen-bond donors (Lipinski definition) is 2. The van der Waals surface area contributed by atoms with Gasteiger partial charge in [0, 0.05) is 73.2 Å². The van der Waals surface area contributed by atoms with Crippen LogP contribution < -0.4 is 10.2 Å². The van der Waals surface area contributed by atoms with Crippen LogP contribution in [0, 0.1) is 0 Å². The third-order valence-corrected chi connectivity index (χ3v) is 8.64. The molecule has 1 amide bonds. The lowest BCUT2D eigenvalue weighted by atomic mass is 10.1. The summed E-state index contributed by atoms with van der Waals surface area (Å²) in [6.45, 7) is 4.35. The Morgan fingerprint density at radius 3 is 2.51 bits per heavy atom. The molecule has 0 saturated carbocycles. The number of piperazine rings is 1. The highest BCUT2D eigenvalue weighted by Gasteiger charge is 2.31. The van der Waals surface area contributed by atoms with E-state index in [1.54, 1.807) is 24.3 Å². The Morgan fingerprint density at radius 1 is 1.06 bits per heavy atom. The molecule has 0 radical (unpaired) electrons. The van der Waals surface area contributed by atoms with Crippen LogP contribution in [0.25, 0.3) is 0 Å². The van der Waals surface area contributed by atoms with Crippen LogP contribution in [0.5, 0.6) is 0 Å². The summed E-state index contributed by atoms with van der Waals surface area (Å²) in [7, 11) is -1.62. The van der Waals surface area contributed by atoms with Crippen LogP contribution >= 0.6 is 11.6 Å². The van der Waals surface area contributed by atoms with Crippen molar-refractivity contribution in [3.8, 4) is 0 Å². The molecule has 0 bridgehead atoms. The highest BCUT2D eigenvalue weighted by molar-refractivity contribution is 7.89. The molecule has 1 fully saturated rings. The van der Waals surface area contributed by atoms with E-state index in [1.807, 2.05) is 12.1 Å². The van der Waals surface area contributed by atoms with Crippen LogP contribution in [0.3, 0.4) is 0 Å². The molecule has 5 rings (SSSR count). The maximum absolute atomic E-state index is 13.1. The predicted octanol–water partition coefficient (Wildman–Crippen LogP) is 2.81. The van der Waals surface area contributed by atoms with Crippen molar-refractivity contribution in [1.82, 2.24) is 19.4 Å². The number of benzene rings is 2. The first-order valence-electron chi connectivity index (χ1n) is 11.5. The fourth-order valence-electron chi connectivity index (χ4n) is 4.42. The van der Waals surface area contributed by atoms with Crippen LogP contribution in [0.1, 0.15) is 21.6 Å². The summed E-state index contributed by atoms with van der Waals surface area (Å²) in [4.78, 5) is 17.7. The molecule has 2 aromatic carbocycles. The number of aromatic nitrogens is 2. The van der Waals surface area contributed by atoms with Gasteiger partial charge in [0.05, 0.1) is 4.90 Å². The number of nitrogens with one attached hydrogen (secondary N) is 2. The van der Waals surface area contributed by atoms with E-state index in [0.29, 0.717) is 34.9 Å². The number of nitrogens with zero attached hydrogens (tertiary/aromatic N) is 4. The van der Waals surface area contributed by atoms with Gasteiger partial charge in [-0.05, 0) is 49.5 Å². The monoisotopic (exact) mass is 514 g/mol. The zero-order valence-electron chi connectivity index (χ0n) is 19.4. The molecule has 0 spiro atoms. The number of fused-ring (bicyclic) bond motifs is 1. The minimum absolute atomic E-state index is 0.110. The van der Waals surface area contributed by atoms with Gasteiger partial charge in [0.2, 0.25) is 10.0 Å². The van der Waals surface area contributed by atoms with Gasteiger partial charge in [-0.3, -0.25) is 9.89 Å². The molecule has 3 heterocycles. The molecule has 184 valence electrons. The van der Waals surface area contributed by atoms with Crippen LogP contribution in [-0.4, -0.2) is 73.5 Å². The van der Waals surface area contributed by atoms with Gasteiger partial charge in [-0.2, -0.15) is 9.40 Å². The number of amides is 1. The molecular formula is C24H27ClN6O3S. The van der Waals surface area contributed by atoms with Gasteiger partial charge in [-0.1, -0.05) is 17.7 Å². The first kappa shape index (κ1) is 23.8. The molecule has 0 aliphatic carbocycles. The Bertz CT molecular complexity index is 1330. The molecule has 2 aliphatic rings. The maximum atomic E-state index is 13.1. The van der Waals surface area contributed by atoms with Crippen LogP contribution in [-0.2, 0) is 23.0 Å². The Morgan fingerprint density at radius 2 is 1.80 bits per heavy atom. The summed E-state index contributed by atoms with van der Waals surface area (Å²) < 4.78 is 27.7. The van der Waals surface area contributed by atoms with Crippen LogP contribution in [0.2, 0.25) is 5.02 Å². The van der Waals surface area contributed by atoms with Crippen LogP contribution in [0.15, 0.2) is 53.4 Å². The second-order valence-corrected chi connectivity index (χ2v) is 11.2. The molecule has 2 aliphatic heterocycles. The number of hydrogen-bond acceptors (Lipinski definition) is 6. The van der Waals surface area contributed by atoms with Crippen molar-refractivity contribution in [2.75, 3.05) is 50.0 Å². The Kier molecular flexibility index (Phi) is 6.54. The summed E-state index contributed by atoms with van der Waals surface area (Å²) >= 11 is 6.00. The van der Waals surface area contributed by atoms with Crippen molar-refractivity contribution >= 4 is 39.0 Å². The lowest BCUT2D eigenvalue weighted by Gasteiger charge is -2.34. The summed E-state index contributed by atoms with van der Waals surface area (Å²) in [5.41, 5.74) is 3.10. The van der Waals surface area contributed by atoms with Gasteiger partial charge in [0.25, 0.3) is 5.91 Å². The van der Waals surface area contributed by atoms with Gasteiger partial charge >= 0.3 is 0 Å². The third kappa shape index (κ3) is 4.92. The lowest BCUT2D eigenvalue weighted by molar-refractivity contribution is 0.102. The molecule has 0 unspecified atom stereocenters. The molecule has 9 nitrogen and oxygen atoms in total. The third-order valence-electron chi connectivity index (χ3n) is 6.56. The van der Waals surface area contributed by atoms with E-state index in [0.717, 1.165) is 37.6 Å². The summed E-state index contributed by atoms with van der Waals surface area (Å²) in [6.07, 6.45) is 0.470. The lowest BCUT2D eigenvalue weighted by Crippen LogP contribution is -2.44. The van der Waals surface area contributed by atoms with E-state index in [4.69, 9.17) is 11.6 Å². The van der Waals surface area contributed by atoms with Crippen molar-refractivity contribution in [2.45, 2.75) is 17.9 Å². The average molecular weight is 515 g/mol. The molecule has 1 saturated heterocycles. The Hall–Kier alpha value is -2.92. The average Bonchev–Trinajstić information content (AvgIpc) is 3.26. The number of aromatic amines is 1. The molecule has 3 aromatic rings. The van der Waals surface area contributed by atoms with Crippen LogP contribution in [0.4, 0.5) is 11.5 Å². The largest absolute Gasteiger partial charge is 0.369 e. The quantitative estimate of drug-likeness (QED) is 0.543. The van der Waals surface area contributed by atoms with Gasteiger partial charge in [-0.25, -0.2) is 8.42 Å². The molecule has 1 aromatic heterocycles. The number of anilines is 2. The van der Waals surface area contributed by atoms with E-state index in [2.05, 4.69) is 32.4 Å². The normalized spacial score (nSPS) is 17.3. The smallest absolute Gasteiger partial charge is 0.256 e. The summed E-state index contributed by atoms with van der Waals surface area (Å²) in [6, 6.07) is 13.7. The van der Waals surface area contributed by atoms with Crippen molar-refractivity contribution in [1.29, 1.82) is 0 Å². The van der Waals surface area contributed by atoms with E-state index in [-0.39, 0.29) is 17.3 Å². The summed E-state index contributed by atoms with van der Waals surface area (Å²) in [5.74, 6) is 0.0539. The van der Waals surface area contributed by atoms with Gasteiger partial charge in [0.15, 0.2) is 5.82 Å².